The van der Waals surface area contributed by atoms with Crippen molar-refractivity contribution in [3.63, 3.8) is 0 Å². The van der Waals surface area contributed by atoms with Crippen LogP contribution in [0.25, 0.3) is 0 Å². The standard InChI is InChI=1S/C59H111NO5/c1-3-5-7-9-11-13-15-17-19-21-23-24-25-26-27-28-29-30-31-32-33-35-37-39-41-43-45-47-49-51-53-57(63)59(65)60-55(54-61)58(64)56(62)52-50-48-46-44-42-40-38-36-34-22-20-18-16-14-12-10-8-6-4-2/h18,20,26-27,36,38,44,46,55-58,61-64H,3-17,19,21-25,28-35,37,39-43,45,47-54H2,1-2H3,(H,60,65)/b20-18+,27-26-,38-36+,46-44+. The Hall–Kier alpha value is -1.73. The highest BCUT2D eigenvalue weighted by Gasteiger charge is 2.28. The van der Waals surface area contributed by atoms with Crippen LogP contribution in [0.4, 0.5) is 0 Å². The minimum absolute atomic E-state index is 0.359. The van der Waals surface area contributed by atoms with Crippen molar-refractivity contribution in [3.8, 4) is 0 Å². The number of carbonyl (C=O) groups is 1. The third-order valence-corrected chi connectivity index (χ3v) is 13.2. The lowest BCUT2D eigenvalue weighted by Crippen LogP contribution is -2.53. The summed E-state index contributed by atoms with van der Waals surface area (Å²) >= 11 is 0. The van der Waals surface area contributed by atoms with Crippen LogP contribution in [-0.2, 0) is 4.79 Å². The van der Waals surface area contributed by atoms with E-state index in [2.05, 4.69) is 67.8 Å². The van der Waals surface area contributed by atoms with Crippen LogP contribution < -0.4 is 5.32 Å². The van der Waals surface area contributed by atoms with Crippen LogP contribution in [0.3, 0.4) is 0 Å². The number of amides is 1. The molecule has 0 heterocycles. The Balaban J connectivity index is 3.66. The van der Waals surface area contributed by atoms with Gasteiger partial charge in [0.1, 0.15) is 12.2 Å². The Labute approximate surface area is 404 Å². The van der Waals surface area contributed by atoms with Gasteiger partial charge in [0.15, 0.2) is 0 Å². The molecule has 0 aromatic rings. The number of hydrogen-bond acceptors (Lipinski definition) is 5. The first-order valence-corrected chi connectivity index (χ1v) is 28.5. The van der Waals surface area contributed by atoms with Gasteiger partial charge in [-0.15, -0.1) is 0 Å². The summed E-state index contributed by atoms with van der Waals surface area (Å²) in [6, 6.07) is -1.01. The monoisotopic (exact) mass is 914 g/mol. The van der Waals surface area contributed by atoms with Crippen molar-refractivity contribution >= 4 is 5.91 Å². The summed E-state index contributed by atoms with van der Waals surface area (Å²) < 4.78 is 0. The Bertz CT molecular complexity index is 1070. The van der Waals surface area contributed by atoms with Crippen LogP contribution in [0, 0.1) is 0 Å². The first-order chi connectivity index (χ1) is 32.0. The zero-order valence-electron chi connectivity index (χ0n) is 43.2. The van der Waals surface area contributed by atoms with E-state index in [1.807, 2.05) is 0 Å². The normalized spacial score (nSPS) is 14.1. The van der Waals surface area contributed by atoms with Gasteiger partial charge in [-0.05, 0) is 89.9 Å². The third kappa shape index (κ3) is 47.1. The third-order valence-electron chi connectivity index (χ3n) is 13.2. The lowest BCUT2D eigenvalue weighted by molar-refractivity contribution is -0.132. The molecular formula is C59H111NO5. The molecule has 0 saturated carbocycles. The zero-order valence-corrected chi connectivity index (χ0v) is 43.2. The smallest absolute Gasteiger partial charge is 0.249 e. The maximum absolute atomic E-state index is 12.6. The molecule has 6 heteroatoms. The highest BCUT2D eigenvalue weighted by atomic mass is 16.3. The molecule has 0 aliphatic heterocycles. The fourth-order valence-electron chi connectivity index (χ4n) is 8.73. The van der Waals surface area contributed by atoms with Crippen LogP contribution in [0.15, 0.2) is 48.6 Å². The Morgan fingerprint density at radius 3 is 0.969 bits per heavy atom. The number of unbranched alkanes of at least 4 members (excludes halogenated alkanes) is 35. The van der Waals surface area contributed by atoms with Crippen molar-refractivity contribution in [1.29, 1.82) is 0 Å². The molecule has 1 amide bonds. The van der Waals surface area contributed by atoms with E-state index in [9.17, 15) is 25.2 Å². The molecule has 6 nitrogen and oxygen atoms in total. The quantitative estimate of drug-likeness (QED) is 0.0308. The molecule has 4 unspecified atom stereocenters. The van der Waals surface area contributed by atoms with Gasteiger partial charge in [-0.2, -0.15) is 0 Å². The fourth-order valence-corrected chi connectivity index (χ4v) is 8.73. The summed E-state index contributed by atoms with van der Waals surface area (Å²) in [7, 11) is 0. The lowest BCUT2D eigenvalue weighted by Gasteiger charge is -2.27. The molecule has 65 heavy (non-hydrogen) atoms. The van der Waals surface area contributed by atoms with Crippen molar-refractivity contribution in [2.75, 3.05) is 6.61 Å². The van der Waals surface area contributed by atoms with Crippen LogP contribution in [0.1, 0.15) is 290 Å². The highest BCUT2D eigenvalue weighted by Crippen LogP contribution is 2.17. The molecule has 0 spiro atoms. The van der Waals surface area contributed by atoms with Crippen molar-refractivity contribution in [2.24, 2.45) is 0 Å². The predicted molar refractivity (Wildman–Crippen MR) is 283 cm³/mol. The number of allylic oxidation sites excluding steroid dienone is 8. The molecule has 0 aromatic heterocycles. The summed E-state index contributed by atoms with van der Waals surface area (Å²) in [6.07, 6.45) is 67.6. The average molecular weight is 915 g/mol. The summed E-state index contributed by atoms with van der Waals surface area (Å²) in [6.45, 7) is 4.05. The van der Waals surface area contributed by atoms with E-state index >= 15 is 0 Å². The van der Waals surface area contributed by atoms with Gasteiger partial charge in [0, 0.05) is 0 Å². The van der Waals surface area contributed by atoms with Gasteiger partial charge in [-0.25, -0.2) is 0 Å². The average Bonchev–Trinajstić information content (AvgIpc) is 3.31. The molecular weight excluding hydrogens is 803 g/mol. The van der Waals surface area contributed by atoms with Crippen LogP contribution in [0.2, 0.25) is 0 Å². The van der Waals surface area contributed by atoms with Crippen LogP contribution in [-0.4, -0.2) is 57.3 Å². The molecule has 382 valence electrons. The Morgan fingerprint density at radius 2 is 0.646 bits per heavy atom. The molecule has 4 atom stereocenters. The zero-order chi connectivity index (χ0) is 47.4. The van der Waals surface area contributed by atoms with Gasteiger partial charge in [0.25, 0.3) is 0 Å². The lowest BCUT2D eigenvalue weighted by atomic mass is 10.00. The predicted octanol–water partition coefficient (Wildman–Crippen LogP) is 16.6. The van der Waals surface area contributed by atoms with E-state index < -0.39 is 36.9 Å². The Morgan fingerprint density at radius 1 is 0.369 bits per heavy atom. The number of aliphatic hydroxyl groups is 4. The second-order valence-electron chi connectivity index (χ2n) is 19.6. The van der Waals surface area contributed by atoms with E-state index in [-0.39, 0.29) is 0 Å². The molecule has 0 radical (unpaired) electrons. The van der Waals surface area contributed by atoms with Gasteiger partial charge in [0.05, 0.1) is 18.8 Å². The largest absolute Gasteiger partial charge is 0.394 e. The molecule has 0 aliphatic rings. The van der Waals surface area contributed by atoms with Crippen LogP contribution >= 0.6 is 0 Å². The van der Waals surface area contributed by atoms with Crippen molar-refractivity contribution in [2.45, 2.75) is 314 Å². The van der Waals surface area contributed by atoms with Gasteiger partial charge in [-0.1, -0.05) is 249 Å². The van der Waals surface area contributed by atoms with Gasteiger partial charge < -0.3 is 25.7 Å². The molecule has 0 aliphatic carbocycles. The van der Waals surface area contributed by atoms with Gasteiger partial charge >= 0.3 is 0 Å². The van der Waals surface area contributed by atoms with Crippen molar-refractivity contribution in [3.05, 3.63) is 48.6 Å². The molecule has 5 N–H and O–H groups in total. The molecule has 0 saturated heterocycles. The maximum Gasteiger partial charge on any atom is 0.249 e. The minimum atomic E-state index is -1.29. The first kappa shape index (κ1) is 63.3. The molecule has 0 fully saturated rings. The topological polar surface area (TPSA) is 110 Å². The van der Waals surface area contributed by atoms with E-state index in [4.69, 9.17) is 0 Å². The van der Waals surface area contributed by atoms with Crippen molar-refractivity contribution < 1.29 is 25.2 Å². The van der Waals surface area contributed by atoms with E-state index in [0.29, 0.717) is 19.3 Å². The summed E-state index contributed by atoms with van der Waals surface area (Å²) in [5, 5.41) is 43.9. The van der Waals surface area contributed by atoms with Gasteiger partial charge in [-0.3, -0.25) is 4.79 Å². The summed E-state index contributed by atoms with van der Waals surface area (Å²) in [5.74, 6) is -0.597. The SMILES string of the molecule is CCCCCCCC/C=C/CC/C=C/CC/C=C/CCCC(O)C(O)C(CO)NC(=O)C(O)CCCCCCCCCCCCCCCC/C=C\CCCCCCCCCCCCCC. The van der Waals surface area contributed by atoms with E-state index in [0.717, 1.165) is 51.4 Å². The first-order valence-electron chi connectivity index (χ1n) is 28.5. The minimum Gasteiger partial charge on any atom is -0.394 e. The second-order valence-corrected chi connectivity index (χ2v) is 19.6. The summed E-state index contributed by atoms with van der Waals surface area (Å²) in [5.41, 5.74) is 0. The number of nitrogens with one attached hydrogen (secondary N) is 1. The molecule has 0 aromatic carbocycles. The van der Waals surface area contributed by atoms with Gasteiger partial charge in [0.2, 0.25) is 5.91 Å². The number of aliphatic hydroxyl groups excluding tert-OH is 4. The van der Waals surface area contributed by atoms with Crippen LogP contribution in [0.5, 0.6) is 0 Å². The van der Waals surface area contributed by atoms with E-state index in [1.165, 1.54) is 205 Å². The van der Waals surface area contributed by atoms with Crippen molar-refractivity contribution in [1.82, 2.24) is 5.32 Å². The Kier molecular flexibility index (Phi) is 51.8. The summed E-state index contributed by atoms with van der Waals surface area (Å²) in [4.78, 5) is 12.6. The number of hydrogen-bond donors (Lipinski definition) is 5. The highest BCUT2D eigenvalue weighted by molar-refractivity contribution is 5.80. The number of carbonyl (C=O) groups excluding carboxylic acids is 1. The second kappa shape index (κ2) is 53.2. The molecule has 0 bridgehead atoms. The molecule has 0 rings (SSSR count). The maximum atomic E-state index is 12.6. The fraction of sp³-hybridized carbons (Fsp3) is 0.847. The van der Waals surface area contributed by atoms with E-state index in [1.54, 1.807) is 0 Å². The number of rotatable bonds is 52.